The van der Waals surface area contributed by atoms with Crippen LogP contribution in [0.4, 0.5) is 4.79 Å². The second kappa shape index (κ2) is 17.7. The molecule has 2 aromatic rings. The molecule has 1 aliphatic rings. The van der Waals surface area contributed by atoms with Gasteiger partial charge in [0.2, 0.25) is 5.91 Å². The summed E-state index contributed by atoms with van der Waals surface area (Å²) in [5, 5.41) is 16.0. The number of aliphatic hydroxyl groups excluding tert-OH is 1. The average Bonchev–Trinajstić information content (AvgIpc) is 3.03. The Labute approximate surface area is 269 Å². The molecular weight excluding hydrogens is 598 g/mol. The summed E-state index contributed by atoms with van der Waals surface area (Å²) in [7, 11) is 0. The summed E-state index contributed by atoms with van der Waals surface area (Å²) >= 11 is 0. The Morgan fingerprint density at radius 2 is 1.59 bits per heavy atom. The molecule has 5 N–H and O–H groups in total. The molecule has 1 heterocycles. The zero-order valence-corrected chi connectivity index (χ0v) is 26.6. The van der Waals surface area contributed by atoms with Gasteiger partial charge in [-0.25, -0.2) is 4.79 Å². The van der Waals surface area contributed by atoms with Crippen molar-refractivity contribution in [3.8, 4) is 0 Å². The minimum Gasteiger partial charge on any atom is -0.461 e. The van der Waals surface area contributed by atoms with Crippen LogP contribution in [-0.2, 0) is 51.3 Å². The molecule has 0 saturated carbocycles. The quantitative estimate of drug-likeness (QED) is 0.155. The van der Waals surface area contributed by atoms with Crippen LogP contribution in [0.1, 0.15) is 45.2 Å². The van der Waals surface area contributed by atoms with Crippen LogP contribution < -0.4 is 16.4 Å². The molecule has 0 radical (unpaired) electrons. The summed E-state index contributed by atoms with van der Waals surface area (Å²) < 4.78 is 28.9. The van der Waals surface area contributed by atoms with E-state index in [2.05, 4.69) is 10.6 Å². The number of ether oxygens (including phenoxy) is 5. The van der Waals surface area contributed by atoms with Crippen LogP contribution in [0.3, 0.4) is 0 Å². The Morgan fingerprint density at radius 1 is 0.978 bits per heavy atom. The molecule has 1 saturated heterocycles. The predicted molar refractivity (Wildman–Crippen MR) is 166 cm³/mol. The maximum Gasteiger partial charge on any atom is 0.407 e. The molecule has 3 rings (SSSR count). The van der Waals surface area contributed by atoms with Crippen molar-refractivity contribution >= 4 is 24.3 Å². The monoisotopic (exact) mass is 643 g/mol. The van der Waals surface area contributed by atoms with Gasteiger partial charge in [0.25, 0.3) is 0 Å². The molecule has 13 nitrogen and oxygen atoms in total. The molecule has 252 valence electrons. The highest BCUT2D eigenvalue weighted by Gasteiger charge is 2.49. The fraction of sp³-hybridized carbons (Fsp3) is 0.515. The van der Waals surface area contributed by atoms with E-state index < -0.39 is 66.8 Å². The molecule has 1 aliphatic heterocycles. The third-order valence-corrected chi connectivity index (χ3v) is 7.64. The van der Waals surface area contributed by atoms with Crippen LogP contribution in [0, 0.1) is 5.92 Å². The number of carbonyl (C=O) groups is 4. The maximum absolute atomic E-state index is 12.6. The van der Waals surface area contributed by atoms with E-state index in [0.29, 0.717) is 6.29 Å². The molecule has 1 unspecified atom stereocenters. The first-order chi connectivity index (χ1) is 21.9. The fourth-order valence-electron chi connectivity index (χ4n) is 4.95. The number of nitrogens with one attached hydrogen (secondary N) is 2. The number of esters is 1. The molecule has 0 bridgehead atoms. The smallest absolute Gasteiger partial charge is 0.407 e. The SMILES string of the molecule is CC(=O)N[C@@H]1[C@@H](OC(C)C[C@@](N)(C=O)C(C)C)[C@H](OCc2ccccc2)[C@@H](COC(=O)CNC(=O)OCc2ccccc2)O[C@@H]1O. The maximum atomic E-state index is 12.6. The molecule has 2 aromatic carbocycles. The van der Waals surface area contributed by atoms with Crippen LogP contribution in [0.15, 0.2) is 60.7 Å². The van der Waals surface area contributed by atoms with Crippen LogP contribution >= 0.6 is 0 Å². The number of aldehydes is 1. The van der Waals surface area contributed by atoms with E-state index >= 15 is 0 Å². The first-order valence-electron chi connectivity index (χ1n) is 15.2. The van der Waals surface area contributed by atoms with E-state index in [0.717, 1.165) is 11.1 Å². The van der Waals surface area contributed by atoms with Gasteiger partial charge in [-0.3, -0.25) is 9.59 Å². The second-order valence-corrected chi connectivity index (χ2v) is 11.7. The molecular formula is C33H45N3O10. The highest BCUT2D eigenvalue weighted by Crippen LogP contribution is 2.29. The van der Waals surface area contributed by atoms with Gasteiger partial charge in [-0.05, 0) is 30.4 Å². The lowest BCUT2D eigenvalue weighted by atomic mass is 9.84. The van der Waals surface area contributed by atoms with E-state index in [4.69, 9.17) is 29.4 Å². The van der Waals surface area contributed by atoms with Gasteiger partial charge >= 0.3 is 12.1 Å². The van der Waals surface area contributed by atoms with Crippen LogP contribution in [0.2, 0.25) is 0 Å². The largest absolute Gasteiger partial charge is 0.461 e. The number of benzene rings is 2. The van der Waals surface area contributed by atoms with Gasteiger partial charge in [-0.1, -0.05) is 74.5 Å². The Kier molecular flexibility index (Phi) is 14.1. The number of alkyl carbamates (subject to hydrolysis) is 1. The number of rotatable bonds is 16. The van der Waals surface area contributed by atoms with E-state index in [9.17, 15) is 24.3 Å². The normalized spacial score (nSPS) is 23.1. The van der Waals surface area contributed by atoms with E-state index in [1.807, 2.05) is 62.4 Å². The van der Waals surface area contributed by atoms with Crippen LogP contribution in [-0.4, -0.2) is 84.8 Å². The van der Waals surface area contributed by atoms with Gasteiger partial charge in [0.1, 0.15) is 50.4 Å². The zero-order chi connectivity index (χ0) is 33.7. The van der Waals surface area contributed by atoms with E-state index in [-0.39, 0.29) is 32.2 Å². The standard InChI is InChI=1S/C33H45N3O10/c1-21(2)33(34,20-37)15-22(3)45-30-28(36-23(4)38)31(40)46-26(29(30)43-17-24-11-7-5-8-12-24)19-42-27(39)16-35-32(41)44-18-25-13-9-6-10-14-25/h5-14,20-22,26,28-31,40H,15-19,34H2,1-4H3,(H,35,41)(H,36,38)/t22?,26-,28-,29-,30-,31+,33-/m1/s1. The lowest BCUT2D eigenvalue weighted by Crippen LogP contribution is -2.66. The van der Waals surface area contributed by atoms with Crippen molar-refractivity contribution in [2.75, 3.05) is 13.2 Å². The van der Waals surface area contributed by atoms with Gasteiger partial charge < -0.3 is 50.0 Å². The highest BCUT2D eigenvalue weighted by atomic mass is 16.7. The minimum atomic E-state index is -1.56. The summed E-state index contributed by atoms with van der Waals surface area (Å²) in [6.07, 6.45) is -5.18. The van der Waals surface area contributed by atoms with Crippen molar-refractivity contribution in [1.29, 1.82) is 0 Å². The summed E-state index contributed by atoms with van der Waals surface area (Å²) in [5.74, 6) is -1.43. The van der Waals surface area contributed by atoms with Crippen LogP contribution in [0.5, 0.6) is 0 Å². The van der Waals surface area contributed by atoms with E-state index in [1.54, 1.807) is 19.1 Å². The lowest BCUT2D eigenvalue weighted by Gasteiger charge is -2.46. The summed E-state index contributed by atoms with van der Waals surface area (Å²) in [6.45, 7) is 5.94. The predicted octanol–water partition coefficient (Wildman–Crippen LogP) is 1.98. The highest BCUT2D eigenvalue weighted by molar-refractivity contribution is 5.77. The Hall–Kier alpha value is -3.88. The fourth-order valence-corrected chi connectivity index (χ4v) is 4.95. The molecule has 7 atom stereocenters. The molecule has 2 amide bonds. The minimum absolute atomic E-state index is 0.0283. The van der Waals surface area contributed by atoms with Crippen LogP contribution in [0.25, 0.3) is 0 Å². The number of nitrogens with two attached hydrogens (primary N) is 1. The van der Waals surface area contributed by atoms with Gasteiger partial charge in [0.05, 0.1) is 18.2 Å². The number of amides is 2. The summed E-state index contributed by atoms with van der Waals surface area (Å²) in [6, 6.07) is 17.2. The van der Waals surface area contributed by atoms with Crippen molar-refractivity contribution in [1.82, 2.24) is 10.6 Å². The molecule has 0 spiro atoms. The number of hydrogen-bond donors (Lipinski definition) is 4. The molecule has 46 heavy (non-hydrogen) atoms. The second-order valence-electron chi connectivity index (χ2n) is 11.7. The Morgan fingerprint density at radius 3 is 2.15 bits per heavy atom. The Balaban J connectivity index is 1.73. The van der Waals surface area contributed by atoms with E-state index in [1.165, 1.54) is 6.92 Å². The van der Waals surface area contributed by atoms with Gasteiger partial charge in [0, 0.05) is 6.92 Å². The van der Waals surface area contributed by atoms with Crippen molar-refractivity contribution in [3.05, 3.63) is 71.8 Å². The topological polar surface area (TPSA) is 185 Å². The first-order valence-corrected chi connectivity index (χ1v) is 15.2. The number of hydrogen-bond acceptors (Lipinski definition) is 11. The van der Waals surface area contributed by atoms with Crippen molar-refractivity contribution in [2.24, 2.45) is 11.7 Å². The first kappa shape index (κ1) is 36.6. The molecule has 0 aliphatic carbocycles. The van der Waals surface area contributed by atoms with Gasteiger partial charge in [-0.2, -0.15) is 0 Å². The Bertz CT molecular complexity index is 1260. The van der Waals surface area contributed by atoms with Crippen molar-refractivity contribution < 1.29 is 48.0 Å². The summed E-state index contributed by atoms with van der Waals surface area (Å²) in [4.78, 5) is 48.7. The molecule has 1 fully saturated rings. The summed E-state index contributed by atoms with van der Waals surface area (Å²) in [5.41, 5.74) is 6.77. The molecule has 0 aromatic heterocycles. The number of carbonyl (C=O) groups excluding carboxylic acids is 4. The van der Waals surface area contributed by atoms with Crippen molar-refractivity contribution in [3.63, 3.8) is 0 Å². The third-order valence-electron chi connectivity index (χ3n) is 7.64. The lowest BCUT2D eigenvalue weighted by molar-refractivity contribution is -0.280. The number of aliphatic hydroxyl groups is 1. The molecule has 13 heteroatoms. The average molecular weight is 644 g/mol. The zero-order valence-electron chi connectivity index (χ0n) is 26.6. The third kappa shape index (κ3) is 11.2. The van der Waals surface area contributed by atoms with Crippen molar-refractivity contribution in [2.45, 2.75) is 89.6 Å². The van der Waals surface area contributed by atoms with Gasteiger partial charge in [-0.15, -0.1) is 0 Å². The van der Waals surface area contributed by atoms with Gasteiger partial charge in [0.15, 0.2) is 6.29 Å².